The molecule has 0 unspecified atom stereocenters. The normalized spacial score (nSPS) is 10.7. The molecule has 1 heterocycles. The molecule has 4 heteroatoms. The van der Waals surface area contributed by atoms with Crippen LogP contribution in [0.25, 0.3) is 6.08 Å². The Morgan fingerprint density at radius 2 is 2.00 bits per heavy atom. The summed E-state index contributed by atoms with van der Waals surface area (Å²) in [5.41, 5.74) is 8.13. The van der Waals surface area contributed by atoms with Gasteiger partial charge in [0.1, 0.15) is 0 Å². The van der Waals surface area contributed by atoms with Crippen LogP contribution in [0.5, 0.6) is 0 Å². The van der Waals surface area contributed by atoms with Gasteiger partial charge in [-0.15, -0.1) is 0 Å². The number of aromatic nitrogens is 1. The number of benzene rings is 1. The minimum Gasteiger partial charge on any atom is -0.399 e. The molecule has 0 saturated carbocycles. The van der Waals surface area contributed by atoms with E-state index in [9.17, 15) is 4.79 Å². The van der Waals surface area contributed by atoms with Gasteiger partial charge in [0.15, 0.2) is 0 Å². The Balaban J connectivity index is 1.95. The molecule has 0 spiro atoms. The fourth-order valence-corrected chi connectivity index (χ4v) is 1.71. The Morgan fingerprint density at radius 1 is 1.25 bits per heavy atom. The summed E-state index contributed by atoms with van der Waals surface area (Å²) < 4.78 is 0. The van der Waals surface area contributed by atoms with Crippen molar-refractivity contribution >= 4 is 17.7 Å². The molecular formula is C16H17N3O. The van der Waals surface area contributed by atoms with Crippen molar-refractivity contribution in [3.8, 4) is 0 Å². The summed E-state index contributed by atoms with van der Waals surface area (Å²) in [6.45, 7) is 0.492. The molecule has 0 fully saturated rings. The largest absolute Gasteiger partial charge is 0.399 e. The summed E-state index contributed by atoms with van der Waals surface area (Å²) in [5, 5.41) is 0. The van der Waals surface area contributed by atoms with Crippen molar-refractivity contribution in [3.05, 3.63) is 66.0 Å². The molecule has 1 amide bonds. The third kappa shape index (κ3) is 3.95. The smallest absolute Gasteiger partial charge is 0.246 e. The number of rotatable bonds is 4. The quantitative estimate of drug-likeness (QED) is 0.683. The Hall–Kier alpha value is -2.62. The van der Waals surface area contributed by atoms with E-state index in [1.807, 2.05) is 42.5 Å². The number of nitrogens with zero attached hydrogens (tertiary/aromatic N) is 2. The molecule has 0 aliphatic rings. The first-order chi connectivity index (χ1) is 9.65. The predicted molar refractivity (Wildman–Crippen MR) is 80.6 cm³/mol. The van der Waals surface area contributed by atoms with E-state index < -0.39 is 0 Å². The van der Waals surface area contributed by atoms with Crippen molar-refractivity contribution in [1.82, 2.24) is 9.88 Å². The maximum absolute atomic E-state index is 12.0. The third-order valence-electron chi connectivity index (χ3n) is 2.86. The summed E-state index contributed by atoms with van der Waals surface area (Å²) in [6.07, 6.45) is 5.04. The molecule has 2 aromatic rings. The predicted octanol–water partition coefficient (Wildman–Crippen LogP) is 2.34. The van der Waals surface area contributed by atoms with E-state index in [1.54, 1.807) is 30.3 Å². The number of carbonyl (C=O) groups excluding carboxylic acids is 1. The van der Waals surface area contributed by atoms with Crippen molar-refractivity contribution in [3.63, 3.8) is 0 Å². The van der Waals surface area contributed by atoms with Crippen molar-refractivity contribution in [2.24, 2.45) is 0 Å². The van der Waals surface area contributed by atoms with E-state index >= 15 is 0 Å². The van der Waals surface area contributed by atoms with Gasteiger partial charge in [-0.3, -0.25) is 9.78 Å². The molecule has 2 N–H and O–H groups in total. The van der Waals surface area contributed by atoms with Crippen LogP contribution in [0, 0.1) is 0 Å². The third-order valence-corrected chi connectivity index (χ3v) is 2.86. The zero-order valence-electron chi connectivity index (χ0n) is 11.4. The lowest BCUT2D eigenvalue weighted by Crippen LogP contribution is -2.24. The van der Waals surface area contributed by atoms with Gasteiger partial charge in [-0.05, 0) is 35.9 Å². The second-order valence-electron chi connectivity index (χ2n) is 4.52. The lowest BCUT2D eigenvalue weighted by atomic mass is 10.2. The van der Waals surface area contributed by atoms with E-state index in [-0.39, 0.29) is 5.91 Å². The molecular weight excluding hydrogens is 250 g/mol. The van der Waals surface area contributed by atoms with Crippen molar-refractivity contribution in [2.45, 2.75) is 6.54 Å². The number of amides is 1. The van der Waals surface area contributed by atoms with Gasteiger partial charge < -0.3 is 10.6 Å². The van der Waals surface area contributed by atoms with E-state index in [4.69, 9.17) is 5.73 Å². The fourth-order valence-electron chi connectivity index (χ4n) is 1.71. The van der Waals surface area contributed by atoms with E-state index in [0.29, 0.717) is 12.2 Å². The second kappa shape index (κ2) is 6.52. The van der Waals surface area contributed by atoms with Crippen LogP contribution in [0.2, 0.25) is 0 Å². The highest BCUT2D eigenvalue weighted by Crippen LogP contribution is 2.07. The number of carbonyl (C=O) groups is 1. The molecule has 0 atom stereocenters. The molecule has 4 nitrogen and oxygen atoms in total. The number of nitrogens with two attached hydrogens (primary N) is 1. The standard InChI is InChI=1S/C16H17N3O/c1-19(12-15-4-2-3-11-18-15)16(20)10-7-13-5-8-14(17)9-6-13/h2-11H,12,17H2,1H3/b10-7+. The van der Waals surface area contributed by atoms with Gasteiger partial charge in [0.2, 0.25) is 5.91 Å². The highest BCUT2D eigenvalue weighted by atomic mass is 16.2. The lowest BCUT2D eigenvalue weighted by molar-refractivity contribution is -0.125. The minimum atomic E-state index is -0.0625. The van der Waals surface area contributed by atoms with E-state index in [2.05, 4.69) is 4.98 Å². The summed E-state index contributed by atoms with van der Waals surface area (Å²) in [7, 11) is 1.75. The van der Waals surface area contributed by atoms with Gasteiger partial charge in [-0.1, -0.05) is 18.2 Å². The Bertz CT molecular complexity index is 591. The summed E-state index contributed by atoms with van der Waals surface area (Å²) in [6, 6.07) is 13.0. The minimum absolute atomic E-state index is 0.0625. The van der Waals surface area contributed by atoms with Crippen molar-refractivity contribution in [1.29, 1.82) is 0 Å². The van der Waals surface area contributed by atoms with Gasteiger partial charge >= 0.3 is 0 Å². The van der Waals surface area contributed by atoms with Crippen LogP contribution in [0.4, 0.5) is 5.69 Å². The average Bonchev–Trinajstić information content (AvgIpc) is 2.47. The summed E-state index contributed by atoms with van der Waals surface area (Å²) >= 11 is 0. The number of pyridine rings is 1. The van der Waals surface area contributed by atoms with Gasteiger partial charge in [0.25, 0.3) is 0 Å². The van der Waals surface area contributed by atoms with Crippen LogP contribution in [-0.4, -0.2) is 22.8 Å². The van der Waals surface area contributed by atoms with E-state index in [1.165, 1.54) is 0 Å². The highest BCUT2D eigenvalue weighted by Gasteiger charge is 2.05. The average molecular weight is 267 g/mol. The van der Waals surface area contributed by atoms with Crippen molar-refractivity contribution < 1.29 is 4.79 Å². The van der Waals surface area contributed by atoms with Gasteiger partial charge in [-0.2, -0.15) is 0 Å². The molecule has 2 rings (SSSR count). The second-order valence-corrected chi connectivity index (χ2v) is 4.52. The van der Waals surface area contributed by atoms with Crippen molar-refractivity contribution in [2.75, 3.05) is 12.8 Å². The molecule has 1 aromatic carbocycles. The van der Waals surface area contributed by atoms with Gasteiger partial charge in [-0.25, -0.2) is 0 Å². The lowest BCUT2D eigenvalue weighted by Gasteiger charge is -2.14. The van der Waals surface area contributed by atoms with Crippen LogP contribution in [0.15, 0.2) is 54.7 Å². The molecule has 0 saturated heterocycles. The van der Waals surface area contributed by atoms with E-state index in [0.717, 1.165) is 11.3 Å². The monoisotopic (exact) mass is 267 g/mol. The summed E-state index contributed by atoms with van der Waals surface area (Å²) in [4.78, 5) is 17.8. The highest BCUT2D eigenvalue weighted by molar-refractivity contribution is 5.91. The molecule has 102 valence electrons. The first kappa shape index (κ1) is 13.8. The Labute approximate surface area is 118 Å². The molecule has 1 aromatic heterocycles. The fraction of sp³-hybridized carbons (Fsp3) is 0.125. The maximum Gasteiger partial charge on any atom is 0.246 e. The molecule has 0 aliphatic heterocycles. The van der Waals surface area contributed by atoms with Crippen LogP contribution in [0.3, 0.4) is 0 Å². The SMILES string of the molecule is CN(Cc1ccccn1)C(=O)/C=C/c1ccc(N)cc1. The number of hydrogen-bond acceptors (Lipinski definition) is 3. The van der Waals surface area contributed by atoms with Crippen LogP contribution >= 0.6 is 0 Å². The number of hydrogen-bond donors (Lipinski definition) is 1. The number of likely N-dealkylation sites (N-methyl/N-ethyl adjacent to an activating group) is 1. The first-order valence-corrected chi connectivity index (χ1v) is 6.34. The number of nitrogen functional groups attached to an aromatic ring is 1. The van der Waals surface area contributed by atoms with Crippen LogP contribution in [0.1, 0.15) is 11.3 Å². The summed E-state index contributed by atoms with van der Waals surface area (Å²) in [5.74, 6) is -0.0625. The Morgan fingerprint density at radius 3 is 2.65 bits per heavy atom. The topological polar surface area (TPSA) is 59.2 Å². The Kier molecular flexibility index (Phi) is 4.50. The van der Waals surface area contributed by atoms with Gasteiger partial charge in [0, 0.05) is 25.0 Å². The van der Waals surface area contributed by atoms with Crippen LogP contribution in [-0.2, 0) is 11.3 Å². The molecule has 0 bridgehead atoms. The molecule has 0 radical (unpaired) electrons. The molecule has 0 aliphatic carbocycles. The van der Waals surface area contributed by atoms with Crippen LogP contribution < -0.4 is 5.73 Å². The van der Waals surface area contributed by atoms with Gasteiger partial charge in [0.05, 0.1) is 12.2 Å². The molecule has 20 heavy (non-hydrogen) atoms. The maximum atomic E-state index is 12.0. The zero-order valence-corrected chi connectivity index (χ0v) is 11.4. The first-order valence-electron chi connectivity index (χ1n) is 6.34. The zero-order chi connectivity index (χ0) is 14.4. The number of anilines is 1.